The number of ether oxygens (including phenoxy) is 2. The van der Waals surface area contributed by atoms with Gasteiger partial charge in [-0.05, 0) is 39.3 Å². The third kappa shape index (κ3) is 7.57. The van der Waals surface area contributed by atoms with Crippen LogP contribution >= 0.6 is 0 Å². The number of hydrogen-bond acceptors (Lipinski definition) is 6. The highest BCUT2D eigenvalue weighted by Gasteiger charge is 2.10. The molecule has 146 valence electrons. The first kappa shape index (κ1) is 20.6. The molecule has 1 amide bonds. The van der Waals surface area contributed by atoms with Gasteiger partial charge in [0.1, 0.15) is 6.61 Å². The van der Waals surface area contributed by atoms with Crippen LogP contribution in [-0.4, -0.2) is 46.0 Å². The standard InChI is InChI=1S/C19H26N4O4/c1-19(2,3)27-13-12-26-16-8-7-15(14-21-16)18(25)20-9-5-11-23-17(24)6-4-10-22-23/h4,6-8,10,14H,5,9,11-13H2,1-3H3,(H,20,25). The normalized spacial score (nSPS) is 11.2. The van der Waals surface area contributed by atoms with Crippen LogP contribution in [0.1, 0.15) is 37.6 Å². The maximum atomic E-state index is 12.1. The van der Waals surface area contributed by atoms with Crippen LogP contribution in [0.25, 0.3) is 0 Å². The molecule has 0 aliphatic heterocycles. The Kier molecular flexibility index (Phi) is 7.48. The number of carbonyl (C=O) groups excluding carboxylic acids is 1. The van der Waals surface area contributed by atoms with E-state index in [-0.39, 0.29) is 17.1 Å². The van der Waals surface area contributed by atoms with Crippen LogP contribution in [0.15, 0.2) is 41.5 Å². The number of amides is 1. The molecule has 1 N–H and O–H groups in total. The fraction of sp³-hybridized carbons (Fsp3) is 0.474. The van der Waals surface area contributed by atoms with E-state index in [4.69, 9.17) is 9.47 Å². The monoisotopic (exact) mass is 374 g/mol. The van der Waals surface area contributed by atoms with Gasteiger partial charge in [0.05, 0.1) is 17.8 Å². The second kappa shape index (κ2) is 9.82. The van der Waals surface area contributed by atoms with Gasteiger partial charge >= 0.3 is 0 Å². The van der Waals surface area contributed by atoms with Gasteiger partial charge in [0, 0.05) is 37.6 Å². The molecule has 2 heterocycles. The molecule has 8 heteroatoms. The molecule has 0 atom stereocenters. The number of nitrogens with zero attached hydrogens (tertiary/aromatic N) is 3. The van der Waals surface area contributed by atoms with Gasteiger partial charge in [0.2, 0.25) is 5.88 Å². The van der Waals surface area contributed by atoms with Gasteiger partial charge in [0.15, 0.2) is 0 Å². The van der Waals surface area contributed by atoms with Crippen molar-refractivity contribution < 1.29 is 14.3 Å². The highest BCUT2D eigenvalue weighted by molar-refractivity contribution is 5.93. The van der Waals surface area contributed by atoms with Crippen molar-refractivity contribution in [2.75, 3.05) is 19.8 Å². The summed E-state index contributed by atoms with van der Waals surface area (Å²) in [7, 11) is 0. The molecule has 0 aliphatic carbocycles. The van der Waals surface area contributed by atoms with Crippen LogP contribution in [0.5, 0.6) is 5.88 Å². The molecule has 0 saturated carbocycles. The first-order valence-electron chi connectivity index (χ1n) is 8.88. The SMILES string of the molecule is CC(C)(C)OCCOc1ccc(C(=O)NCCCn2ncccc2=O)cn1. The Morgan fingerprint density at radius 3 is 2.70 bits per heavy atom. The summed E-state index contributed by atoms with van der Waals surface area (Å²) in [5, 5.41) is 6.76. The Morgan fingerprint density at radius 2 is 2.04 bits per heavy atom. The fourth-order valence-electron chi connectivity index (χ4n) is 2.18. The van der Waals surface area contributed by atoms with Crippen molar-refractivity contribution in [3.8, 4) is 5.88 Å². The minimum Gasteiger partial charge on any atom is -0.475 e. The van der Waals surface area contributed by atoms with E-state index in [0.717, 1.165) is 0 Å². The Hall–Kier alpha value is -2.74. The molecule has 8 nitrogen and oxygen atoms in total. The highest BCUT2D eigenvalue weighted by Crippen LogP contribution is 2.09. The molecule has 0 radical (unpaired) electrons. The molecular weight excluding hydrogens is 348 g/mol. The molecule has 0 saturated heterocycles. The lowest BCUT2D eigenvalue weighted by Crippen LogP contribution is -2.27. The Balaban J connectivity index is 1.70. The second-order valence-electron chi connectivity index (χ2n) is 6.89. The molecule has 2 rings (SSSR count). The maximum absolute atomic E-state index is 12.1. The van der Waals surface area contributed by atoms with Crippen molar-refractivity contribution in [2.24, 2.45) is 0 Å². The van der Waals surface area contributed by atoms with E-state index in [1.807, 2.05) is 20.8 Å². The lowest BCUT2D eigenvalue weighted by Gasteiger charge is -2.19. The molecule has 2 aromatic rings. The molecule has 0 aliphatic rings. The molecule has 0 fully saturated rings. The lowest BCUT2D eigenvalue weighted by atomic mass is 10.2. The number of hydrogen-bond donors (Lipinski definition) is 1. The summed E-state index contributed by atoms with van der Waals surface area (Å²) in [5.41, 5.74) is 0.0862. The van der Waals surface area contributed by atoms with Crippen molar-refractivity contribution >= 4 is 5.91 Å². The van der Waals surface area contributed by atoms with Crippen LogP contribution in [0.2, 0.25) is 0 Å². The molecule has 0 unspecified atom stereocenters. The van der Waals surface area contributed by atoms with E-state index in [9.17, 15) is 9.59 Å². The van der Waals surface area contributed by atoms with Gasteiger partial charge in [-0.3, -0.25) is 9.59 Å². The highest BCUT2D eigenvalue weighted by atomic mass is 16.5. The van der Waals surface area contributed by atoms with Crippen molar-refractivity contribution in [1.29, 1.82) is 0 Å². The van der Waals surface area contributed by atoms with Crippen LogP contribution in [0, 0.1) is 0 Å². The fourth-order valence-corrected chi connectivity index (χ4v) is 2.18. The summed E-state index contributed by atoms with van der Waals surface area (Å²) < 4.78 is 12.4. The summed E-state index contributed by atoms with van der Waals surface area (Å²) >= 11 is 0. The van der Waals surface area contributed by atoms with Crippen molar-refractivity contribution in [3.63, 3.8) is 0 Å². The van der Waals surface area contributed by atoms with Crippen molar-refractivity contribution in [1.82, 2.24) is 20.1 Å². The van der Waals surface area contributed by atoms with Gasteiger partial charge in [-0.25, -0.2) is 9.67 Å². The van der Waals surface area contributed by atoms with E-state index in [0.29, 0.717) is 44.2 Å². The topological polar surface area (TPSA) is 95.3 Å². The largest absolute Gasteiger partial charge is 0.475 e. The summed E-state index contributed by atoms with van der Waals surface area (Å²) in [5.74, 6) is 0.220. The van der Waals surface area contributed by atoms with Crippen LogP contribution in [0.4, 0.5) is 0 Å². The second-order valence-corrected chi connectivity index (χ2v) is 6.89. The minimum absolute atomic E-state index is 0.156. The average molecular weight is 374 g/mol. The number of nitrogens with one attached hydrogen (secondary N) is 1. The van der Waals surface area contributed by atoms with Gasteiger partial charge in [-0.1, -0.05) is 0 Å². The number of aryl methyl sites for hydroxylation is 1. The summed E-state index contributed by atoms with van der Waals surface area (Å²) in [6.07, 6.45) is 3.63. The van der Waals surface area contributed by atoms with Crippen LogP contribution in [0.3, 0.4) is 0 Å². The zero-order chi connectivity index (χ0) is 19.7. The van der Waals surface area contributed by atoms with Crippen LogP contribution in [-0.2, 0) is 11.3 Å². The maximum Gasteiger partial charge on any atom is 0.266 e. The molecular formula is C19H26N4O4. The zero-order valence-electron chi connectivity index (χ0n) is 16.0. The number of aromatic nitrogens is 3. The van der Waals surface area contributed by atoms with Crippen molar-refractivity contribution in [2.45, 2.75) is 39.3 Å². The van der Waals surface area contributed by atoms with E-state index < -0.39 is 0 Å². The quantitative estimate of drug-likeness (QED) is 0.671. The van der Waals surface area contributed by atoms with E-state index >= 15 is 0 Å². The van der Waals surface area contributed by atoms with Gasteiger partial charge in [-0.15, -0.1) is 0 Å². The van der Waals surface area contributed by atoms with E-state index in [1.54, 1.807) is 24.4 Å². The predicted octanol–water partition coefficient (Wildman–Crippen LogP) is 1.65. The molecule has 2 aromatic heterocycles. The summed E-state index contributed by atoms with van der Waals surface area (Å²) in [6.45, 7) is 7.68. The number of carbonyl (C=O) groups is 1. The Morgan fingerprint density at radius 1 is 1.22 bits per heavy atom. The number of rotatable bonds is 9. The van der Waals surface area contributed by atoms with Gasteiger partial charge < -0.3 is 14.8 Å². The number of pyridine rings is 1. The van der Waals surface area contributed by atoms with Crippen LogP contribution < -0.4 is 15.6 Å². The first-order chi connectivity index (χ1) is 12.8. The Bertz CT molecular complexity index is 781. The molecule has 0 aromatic carbocycles. The summed E-state index contributed by atoms with van der Waals surface area (Å²) in [4.78, 5) is 27.8. The van der Waals surface area contributed by atoms with Crippen molar-refractivity contribution in [3.05, 3.63) is 52.6 Å². The van der Waals surface area contributed by atoms with Gasteiger partial charge in [-0.2, -0.15) is 5.10 Å². The average Bonchev–Trinajstić information content (AvgIpc) is 2.63. The van der Waals surface area contributed by atoms with E-state index in [1.165, 1.54) is 16.9 Å². The molecule has 0 bridgehead atoms. The third-order valence-electron chi connectivity index (χ3n) is 3.48. The molecule has 0 spiro atoms. The Labute approximate surface area is 158 Å². The minimum atomic E-state index is -0.224. The third-order valence-corrected chi connectivity index (χ3v) is 3.48. The smallest absolute Gasteiger partial charge is 0.266 e. The van der Waals surface area contributed by atoms with Gasteiger partial charge in [0.25, 0.3) is 11.5 Å². The lowest BCUT2D eigenvalue weighted by molar-refractivity contribution is -0.0168. The molecule has 27 heavy (non-hydrogen) atoms. The zero-order valence-corrected chi connectivity index (χ0v) is 16.0. The first-order valence-corrected chi connectivity index (χ1v) is 8.88. The predicted molar refractivity (Wildman–Crippen MR) is 101 cm³/mol. The summed E-state index contributed by atoms with van der Waals surface area (Å²) in [6, 6.07) is 6.36. The van der Waals surface area contributed by atoms with E-state index in [2.05, 4.69) is 15.4 Å².